The average Bonchev–Trinajstić information content (AvgIpc) is 2.55. The fourth-order valence-corrected chi connectivity index (χ4v) is 2.22. The van der Waals surface area contributed by atoms with Gasteiger partial charge in [0.1, 0.15) is 0 Å². The molecule has 2 N–H and O–H groups in total. The lowest BCUT2D eigenvalue weighted by atomic mass is 10.2. The molecule has 0 saturated heterocycles. The van der Waals surface area contributed by atoms with Gasteiger partial charge in [-0.1, -0.05) is 6.07 Å². The van der Waals surface area contributed by atoms with E-state index in [1.54, 1.807) is 36.0 Å². The van der Waals surface area contributed by atoms with E-state index in [1.165, 1.54) is 7.11 Å². The lowest BCUT2D eigenvalue weighted by molar-refractivity contribution is 0.0600. The number of amides is 2. The molecule has 0 fully saturated rings. The molecule has 0 heterocycles. The number of hydrogen-bond donors (Lipinski definition) is 2. The minimum absolute atomic E-state index is 0.376. The number of esters is 1. The number of rotatable bonds is 4. The molecule has 0 atom stereocenters. The van der Waals surface area contributed by atoms with Crippen LogP contribution in [0.2, 0.25) is 0 Å². The summed E-state index contributed by atoms with van der Waals surface area (Å²) in [6, 6.07) is 13.7. The van der Waals surface area contributed by atoms with Gasteiger partial charge in [-0.3, -0.25) is 0 Å². The van der Waals surface area contributed by atoms with Gasteiger partial charge in [-0.2, -0.15) is 0 Å². The van der Waals surface area contributed by atoms with E-state index >= 15 is 0 Å². The Balaban J connectivity index is 2.00. The lowest BCUT2D eigenvalue weighted by Gasteiger charge is -2.09. The highest BCUT2D eigenvalue weighted by molar-refractivity contribution is 7.98. The van der Waals surface area contributed by atoms with Gasteiger partial charge in [-0.25, -0.2) is 9.59 Å². The van der Waals surface area contributed by atoms with E-state index in [1.807, 2.05) is 30.5 Å². The van der Waals surface area contributed by atoms with Crippen molar-refractivity contribution in [3.05, 3.63) is 54.1 Å². The molecule has 0 aliphatic heterocycles. The van der Waals surface area contributed by atoms with Crippen molar-refractivity contribution >= 4 is 35.1 Å². The maximum Gasteiger partial charge on any atom is 0.337 e. The van der Waals surface area contributed by atoms with E-state index in [0.29, 0.717) is 16.9 Å². The second kappa shape index (κ2) is 7.51. The Bertz CT molecular complexity index is 671. The Labute approximate surface area is 133 Å². The highest BCUT2D eigenvalue weighted by atomic mass is 32.2. The third-order valence-corrected chi connectivity index (χ3v) is 3.63. The third-order valence-electron chi connectivity index (χ3n) is 2.89. The Morgan fingerprint density at radius 1 is 1.00 bits per heavy atom. The van der Waals surface area contributed by atoms with Gasteiger partial charge in [-0.05, 0) is 48.7 Å². The Morgan fingerprint density at radius 3 is 2.32 bits per heavy atom. The quantitative estimate of drug-likeness (QED) is 0.664. The van der Waals surface area contributed by atoms with Crippen molar-refractivity contribution in [1.82, 2.24) is 0 Å². The largest absolute Gasteiger partial charge is 0.465 e. The van der Waals surface area contributed by atoms with Gasteiger partial charge >= 0.3 is 12.0 Å². The van der Waals surface area contributed by atoms with Gasteiger partial charge < -0.3 is 15.4 Å². The number of carbonyl (C=O) groups excluding carboxylic acids is 2. The van der Waals surface area contributed by atoms with Gasteiger partial charge in [0.15, 0.2) is 0 Å². The number of urea groups is 1. The standard InChI is InChI=1S/C16H16N2O3S/c1-21-15(19)11-4-3-5-13(10-11)18-16(20)17-12-6-8-14(22-2)9-7-12/h3-10H,1-2H3,(H2,17,18,20). The van der Waals surface area contributed by atoms with Crippen LogP contribution in [0.15, 0.2) is 53.4 Å². The van der Waals surface area contributed by atoms with Crippen LogP contribution in [-0.4, -0.2) is 25.4 Å². The van der Waals surface area contributed by atoms with Crippen LogP contribution in [0.4, 0.5) is 16.2 Å². The van der Waals surface area contributed by atoms with Crippen LogP contribution in [0.25, 0.3) is 0 Å². The molecule has 0 spiro atoms. The highest BCUT2D eigenvalue weighted by Crippen LogP contribution is 2.18. The SMILES string of the molecule is COC(=O)c1cccc(NC(=O)Nc2ccc(SC)cc2)c1. The molecule has 0 saturated carbocycles. The zero-order valence-corrected chi connectivity index (χ0v) is 13.1. The molecule has 0 aliphatic carbocycles. The summed E-state index contributed by atoms with van der Waals surface area (Å²) in [5.74, 6) is -0.447. The number of carbonyl (C=O) groups is 2. The van der Waals surface area contributed by atoms with Crippen molar-refractivity contribution in [1.29, 1.82) is 0 Å². The molecule has 6 heteroatoms. The molecular weight excluding hydrogens is 300 g/mol. The maximum atomic E-state index is 11.9. The number of ether oxygens (including phenoxy) is 1. The minimum atomic E-state index is -0.447. The van der Waals surface area contributed by atoms with Crippen molar-refractivity contribution in [2.75, 3.05) is 24.0 Å². The smallest absolute Gasteiger partial charge is 0.337 e. The highest BCUT2D eigenvalue weighted by Gasteiger charge is 2.07. The zero-order valence-electron chi connectivity index (χ0n) is 12.3. The van der Waals surface area contributed by atoms with Gasteiger partial charge in [0.05, 0.1) is 12.7 Å². The molecule has 22 heavy (non-hydrogen) atoms. The van der Waals surface area contributed by atoms with Gasteiger partial charge in [-0.15, -0.1) is 11.8 Å². The summed E-state index contributed by atoms with van der Waals surface area (Å²) >= 11 is 1.63. The van der Waals surface area contributed by atoms with Crippen molar-refractivity contribution in [2.45, 2.75) is 4.90 Å². The molecule has 5 nitrogen and oxygen atoms in total. The fourth-order valence-electron chi connectivity index (χ4n) is 1.81. The molecule has 2 aromatic carbocycles. The molecule has 114 valence electrons. The van der Waals surface area contributed by atoms with Crippen LogP contribution >= 0.6 is 11.8 Å². The summed E-state index contributed by atoms with van der Waals surface area (Å²) in [7, 11) is 1.31. The van der Waals surface area contributed by atoms with Gasteiger partial charge in [0.2, 0.25) is 0 Å². The van der Waals surface area contributed by atoms with Gasteiger partial charge in [0.25, 0.3) is 0 Å². The van der Waals surface area contributed by atoms with Crippen LogP contribution in [0, 0.1) is 0 Å². The molecule has 0 aromatic heterocycles. The van der Waals surface area contributed by atoms with Crippen LogP contribution < -0.4 is 10.6 Å². The first kappa shape index (κ1) is 15.9. The summed E-state index contributed by atoms with van der Waals surface area (Å²) in [5.41, 5.74) is 1.59. The maximum absolute atomic E-state index is 11.9. The molecule has 2 aromatic rings. The first-order valence-electron chi connectivity index (χ1n) is 6.53. The molecule has 0 aliphatic rings. The van der Waals surface area contributed by atoms with E-state index in [0.717, 1.165) is 4.90 Å². The predicted octanol–water partition coefficient (Wildman–Crippen LogP) is 3.84. The first-order valence-corrected chi connectivity index (χ1v) is 7.75. The summed E-state index contributed by atoms with van der Waals surface area (Å²) in [5, 5.41) is 5.40. The number of anilines is 2. The Hall–Kier alpha value is -2.47. The summed E-state index contributed by atoms with van der Waals surface area (Å²) < 4.78 is 4.64. The molecule has 0 radical (unpaired) electrons. The topological polar surface area (TPSA) is 67.4 Å². The molecule has 0 unspecified atom stereocenters. The predicted molar refractivity (Wildman–Crippen MR) is 88.6 cm³/mol. The second-order valence-corrected chi connectivity index (χ2v) is 5.26. The van der Waals surface area contributed by atoms with Crippen molar-refractivity contribution < 1.29 is 14.3 Å². The first-order chi connectivity index (χ1) is 10.6. The normalized spacial score (nSPS) is 9.91. The second-order valence-electron chi connectivity index (χ2n) is 4.38. The monoisotopic (exact) mass is 316 g/mol. The summed E-state index contributed by atoms with van der Waals surface area (Å²) in [6.45, 7) is 0. The van der Waals surface area contributed by atoms with Gasteiger partial charge in [0, 0.05) is 16.3 Å². The summed E-state index contributed by atoms with van der Waals surface area (Å²) in [6.07, 6.45) is 1.99. The third kappa shape index (κ3) is 4.26. The Kier molecular flexibility index (Phi) is 5.43. The van der Waals surface area contributed by atoms with Crippen molar-refractivity contribution in [3.8, 4) is 0 Å². The Morgan fingerprint density at radius 2 is 1.68 bits per heavy atom. The van der Waals surface area contributed by atoms with Crippen LogP contribution in [0.5, 0.6) is 0 Å². The summed E-state index contributed by atoms with van der Waals surface area (Å²) in [4.78, 5) is 24.5. The number of hydrogen-bond acceptors (Lipinski definition) is 4. The van der Waals surface area contributed by atoms with Crippen LogP contribution in [-0.2, 0) is 4.74 Å². The van der Waals surface area contributed by atoms with E-state index in [2.05, 4.69) is 15.4 Å². The fraction of sp³-hybridized carbons (Fsp3) is 0.125. The van der Waals surface area contributed by atoms with Crippen LogP contribution in [0.3, 0.4) is 0 Å². The number of methoxy groups -OCH3 is 1. The lowest BCUT2D eigenvalue weighted by Crippen LogP contribution is -2.19. The number of benzene rings is 2. The van der Waals surface area contributed by atoms with Crippen molar-refractivity contribution in [3.63, 3.8) is 0 Å². The van der Waals surface area contributed by atoms with E-state index in [-0.39, 0.29) is 6.03 Å². The number of thioether (sulfide) groups is 1. The van der Waals surface area contributed by atoms with E-state index in [4.69, 9.17) is 0 Å². The van der Waals surface area contributed by atoms with E-state index < -0.39 is 5.97 Å². The number of nitrogens with one attached hydrogen (secondary N) is 2. The average molecular weight is 316 g/mol. The van der Waals surface area contributed by atoms with E-state index in [9.17, 15) is 9.59 Å². The minimum Gasteiger partial charge on any atom is -0.465 e. The zero-order chi connectivity index (χ0) is 15.9. The van der Waals surface area contributed by atoms with Crippen LogP contribution in [0.1, 0.15) is 10.4 Å². The molecule has 2 amide bonds. The molecule has 0 bridgehead atoms. The molecular formula is C16H16N2O3S. The van der Waals surface area contributed by atoms with Crippen molar-refractivity contribution in [2.24, 2.45) is 0 Å². The molecule has 2 rings (SSSR count).